The molecule has 0 saturated carbocycles. The van der Waals surface area contributed by atoms with E-state index < -0.39 is 6.04 Å². The van der Waals surface area contributed by atoms with Crippen LogP contribution in [0.25, 0.3) is 0 Å². The van der Waals surface area contributed by atoms with Gasteiger partial charge in [-0.05, 0) is 30.7 Å². The fraction of sp³-hybridized carbons (Fsp3) is 0.263. The van der Waals surface area contributed by atoms with Crippen molar-refractivity contribution >= 4 is 17.4 Å². The van der Waals surface area contributed by atoms with Gasteiger partial charge in [-0.15, -0.1) is 0 Å². The van der Waals surface area contributed by atoms with Crippen molar-refractivity contribution in [3.05, 3.63) is 60.2 Å². The zero-order chi connectivity index (χ0) is 16.4. The quantitative estimate of drug-likeness (QED) is 0.629. The molecule has 4 heteroatoms. The number of nitrogens with zero attached hydrogens (tertiary/aromatic N) is 1. The van der Waals surface area contributed by atoms with E-state index in [2.05, 4.69) is 0 Å². The maximum atomic E-state index is 12.8. The van der Waals surface area contributed by atoms with Crippen molar-refractivity contribution in [3.63, 3.8) is 0 Å². The van der Waals surface area contributed by atoms with Gasteiger partial charge in [-0.3, -0.25) is 9.59 Å². The Kier molecular flexibility index (Phi) is 4.15. The minimum atomic E-state index is -0.428. The number of hydrogen-bond donors (Lipinski definition) is 0. The minimum Gasteiger partial charge on any atom is -0.497 e. The number of β-lactam (4-membered cyclic amide) rings is 1. The van der Waals surface area contributed by atoms with Gasteiger partial charge < -0.3 is 9.64 Å². The Morgan fingerprint density at radius 2 is 1.74 bits per heavy atom. The Balaban J connectivity index is 1.91. The molecule has 1 fully saturated rings. The monoisotopic (exact) mass is 309 g/mol. The van der Waals surface area contributed by atoms with E-state index in [0.29, 0.717) is 12.0 Å². The summed E-state index contributed by atoms with van der Waals surface area (Å²) in [5, 5.41) is 0. The van der Waals surface area contributed by atoms with Gasteiger partial charge in [0.1, 0.15) is 11.8 Å². The molecule has 2 aromatic rings. The Morgan fingerprint density at radius 3 is 2.30 bits per heavy atom. The Labute approximate surface area is 135 Å². The number of carbonyl (C=O) groups is 2. The van der Waals surface area contributed by atoms with Gasteiger partial charge in [0, 0.05) is 11.3 Å². The SMILES string of the molecule is CC[C@@H]1C(=O)N(c2ccc(OC)cc2)[C@@H]1C(=O)c1ccccc1. The molecule has 23 heavy (non-hydrogen) atoms. The summed E-state index contributed by atoms with van der Waals surface area (Å²) in [5.41, 5.74) is 1.37. The molecule has 0 radical (unpaired) electrons. The maximum absolute atomic E-state index is 12.8. The highest BCUT2D eigenvalue weighted by Crippen LogP contribution is 2.37. The molecule has 2 aromatic carbocycles. The summed E-state index contributed by atoms with van der Waals surface area (Å²) in [5.74, 6) is 0.476. The molecule has 1 aliphatic heterocycles. The van der Waals surface area contributed by atoms with E-state index in [0.717, 1.165) is 11.4 Å². The first-order chi connectivity index (χ1) is 11.2. The molecule has 0 aliphatic carbocycles. The van der Waals surface area contributed by atoms with Crippen molar-refractivity contribution in [2.75, 3.05) is 12.0 Å². The fourth-order valence-corrected chi connectivity index (χ4v) is 3.05. The summed E-state index contributed by atoms with van der Waals surface area (Å²) >= 11 is 0. The number of amides is 1. The van der Waals surface area contributed by atoms with Gasteiger partial charge >= 0.3 is 0 Å². The Morgan fingerprint density at radius 1 is 1.09 bits per heavy atom. The van der Waals surface area contributed by atoms with Crippen LogP contribution in [0.2, 0.25) is 0 Å². The van der Waals surface area contributed by atoms with Crippen LogP contribution in [0.1, 0.15) is 23.7 Å². The third-order valence-corrected chi connectivity index (χ3v) is 4.33. The number of anilines is 1. The van der Waals surface area contributed by atoms with Crippen molar-refractivity contribution in [1.82, 2.24) is 0 Å². The molecule has 4 nitrogen and oxygen atoms in total. The van der Waals surface area contributed by atoms with Gasteiger partial charge in [0.15, 0.2) is 5.78 Å². The first-order valence-corrected chi connectivity index (χ1v) is 7.73. The van der Waals surface area contributed by atoms with Crippen LogP contribution in [0.3, 0.4) is 0 Å². The first-order valence-electron chi connectivity index (χ1n) is 7.73. The lowest BCUT2D eigenvalue weighted by Gasteiger charge is -2.46. The maximum Gasteiger partial charge on any atom is 0.233 e. The number of hydrogen-bond acceptors (Lipinski definition) is 3. The van der Waals surface area contributed by atoms with Crippen LogP contribution in [0, 0.1) is 5.92 Å². The average Bonchev–Trinajstić information content (AvgIpc) is 2.61. The van der Waals surface area contributed by atoms with Crippen LogP contribution >= 0.6 is 0 Å². The summed E-state index contributed by atoms with van der Waals surface area (Å²) in [7, 11) is 1.60. The van der Waals surface area contributed by atoms with Crippen LogP contribution in [0.15, 0.2) is 54.6 Å². The van der Waals surface area contributed by atoms with Crippen LogP contribution in [0.5, 0.6) is 5.75 Å². The Hall–Kier alpha value is -2.62. The normalized spacial score (nSPS) is 20.1. The van der Waals surface area contributed by atoms with Crippen molar-refractivity contribution in [2.24, 2.45) is 5.92 Å². The highest BCUT2D eigenvalue weighted by molar-refractivity contribution is 6.16. The smallest absolute Gasteiger partial charge is 0.233 e. The molecule has 3 rings (SSSR count). The van der Waals surface area contributed by atoms with Gasteiger partial charge in [0.05, 0.1) is 13.0 Å². The molecule has 1 saturated heterocycles. The highest BCUT2D eigenvalue weighted by Gasteiger charge is 2.50. The summed E-state index contributed by atoms with van der Waals surface area (Å²) in [6.07, 6.45) is 0.661. The lowest BCUT2D eigenvalue weighted by atomic mass is 9.80. The standard InChI is InChI=1S/C19H19NO3/c1-3-16-17(18(21)13-7-5-4-6-8-13)20(19(16)22)14-9-11-15(23-2)12-10-14/h4-12,16-17H,3H2,1-2H3/t16-,17-/m0/s1. The molecular weight excluding hydrogens is 290 g/mol. The second-order valence-corrected chi connectivity index (χ2v) is 5.60. The lowest BCUT2D eigenvalue weighted by Crippen LogP contribution is -2.64. The molecular formula is C19H19NO3. The van der Waals surface area contributed by atoms with Crippen molar-refractivity contribution in [3.8, 4) is 5.75 Å². The summed E-state index contributed by atoms with van der Waals surface area (Å²) < 4.78 is 5.14. The number of methoxy groups -OCH3 is 1. The minimum absolute atomic E-state index is 0.00643. The Bertz CT molecular complexity index is 709. The summed E-state index contributed by atoms with van der Waals surface area (Å²) in [6.45, 7) is 1.94. The number of Topliss-reactive ketones (excluding diaryl/α,β-unsaturated/α-hetero) is 1. The molecule has 0 spiro atoms. The highest BCUT2D eigenvalue weighted by atomic mass is 16.5. The van der Waals surface area contributed by atoms with Gasteiger partial charge in [0.25, 0.3) is 0 Å². The number of benzene rings is 2. The number of carbonyl (C=O) groups excluding carboxylic acids is 2. The van der Waals surface area contributed by atoms with Gasteiger partial charge in [-0.25, -0.2) is 0 Å². The molecule has 1 amide bonds. The average molecular weight is 309 g/mol. The van der Waals surface area contributed by atoms with Gasteiger partial charge in [-0.1, -0.05) is 37.3 Å². The molecule has 0 N–H and O–H groups in total. The summed E-state index contributed by atoms with van der Waals surface area (Å²) in [6, 6.07) is 15.9. The first kappa shape index (κ1) is 15.3. The van der Waals surface area contributed by atoms with Crippen LogP contribution < -0.4 is 9.64 Å². The van der Waals surface area contributed by atoms with E-state index >= 15 is 0 Å². The third-order valence-electron chi connectivity index (χ3n) is 4.33. The predicted octanol–water partition coefficient (Wildman–Crippen LogP) is 3.32. The van der Waals surface area contributed by atoms with E-state index in [1.807, 2.05) is 37.3 Å². The van der Waals surface area contributed by atoms with E-state index in [-0.39, 0.29) is 17.6 Å². The van der Waals surface area contributed by atoms with Gasteiger partial charge in [-0.2, -0.15) is 0 Å². The molecule has 0 unspecified atom stereocenters. The van der Waals surface area contributed by atoms with Gasteiger partial charge in [0.2, 0.25) is 5.91 Å². The zero-order valence-corrected chi connectivity index (χ0v) is 13.2. The number of rotatable bonds is 5. The number of ketones is 1. The predicted molar refractivity (Wildman–Crippen MR) is 88.8 cm³/mol. The van der Waals surface area contributed by atoms with Crippen LogP contribution in [-0.4, -0.2) is 24.8 Å². The van der Waals surface area contributed by atoms with Crippen LogP contribution in [0.4, 0.5) is 5.69 Å². The molecule has 1 aliphatic rings. The van der Waals surface area contributed by atoms with E-state index in [4.69, 9.17) is 4.74 Å². The fourth-order valence-electron chi connectivity index (χ4n) is 3.05. The van der Waals surface area contributed by atoms with E-state index in [1.54, 1.807) is 36.3 Å². The van der Waals surface area contributed by atoms with Crippen LogP contribution in [-0.2, 0) is 4.79 Å². The largest absolute Gasteiger partial charge is 0.497 e. The lowest BCUT2D eigenvalue weighted by molar-refractivity contribution is -0.129. The van der Waals surface area contributed by atoms with Crippen molar-refractivity contribution < 1.29 is 14.3 Å². The van der Waals surface area contributed by atoms with E-state index in [1.165, 1.54) is 0 Å². The summed E-state index contributed by atoms with van der Waals surface area (Å²) in [4.78, 5) is 26.9. The molecule has 2 atom stereocenters. The molecule has 0 bridgehead atoms. The topological polar surface area (TPSA) is 46.6 Å². The second-order valence-electron chi connectivity index (χ2n) is 5.60. The van der Waals surface area contributed by atoms with E-state index in [9.17, 15) is 9.59 Å². The van der Waals surface area contributed by atoms with Crippen molar-refractivity contribution in [1.29, 1.82) is 0 Å². The second kappa shape index (κ2) is 6.24. The van der Waals surface area contributed by atoms with Crippen molar-refractivity contribution in [2.45, 2.75) is 19.4 Å². The third kappa shape index (κ3) is 2.61. The molecule has 1 heterocycles. The number of ether oxygens (including phenoxy) is 1. The zero-order valence-electron chi connectivity index (χ0n) is 13.2. The molecule has 118 valence electrons. The molecule has 0 aromatic heterocycles.